The fraction of sp³-hybridized carbons (Fsp3) is 0.438. The predicted molar refractivity (Wildman–Crippen MR) is 82.9 cm³/mol. The van der Waals surface area contributed by atoms with E-state index in [1.54, 1.807) is 31.3 Å². The van der Waals surface area contributed by atoms with Crippen LogP contribution < -0.4 is 10.9 Å². The van der Waals surface area contributed by atoms with Crippen LogP contribution in [0.5, 0.6) is 0 Å². The zero-order chi connectivity index (χ0) is 15.7. The van der Waals surface area contributed by atoms with Gasteiger partial charge in [0, 0.05) is 19.0 Å². The van der Waals surface area contributed by atoms with Crippen LogP contribution in [0, 0.1) is 0 Å². The second-order valence-corrected chi connectivity index (χ2v) is 5.64. The Hall–Kier alpha value is -2.21. The van der Waals surface area contributed by atoms with Gasteiger partial charge in [0.1, 0.15) is 0 Å². The first kappa shape index (κ1) is 14.7. The number of nitrogens with zero attached hydrogens (tertiary/aromatic N) is 2. The third-order valence-corrected chi connectivity index (χ3v) is 4.05. The molecule has 1 aromatic carbocycles. The summed E-state index contributed by atoms with van der Waals surface area (Å²) >= 11 is 0. The standard InChI is InChI=1S/C16H19N3O3/c1-10(13-8-5-9-22-13)17-15(20)14-11-6-3-4-7-12(11)16(21)19(2)18-14/h3-4,6-7,10,13H,5,8-9H2,1-2H3,(H,17,20). The second-order valence-electron chi connectivity index (χ2n) is 5.64. The van der Waals surface area contributed by atoms with Gasteiger partial charge in [-0.3, -0.25) is 9.59 Å². The molecule has 2 aromatic rings. The van der Waals surface area contributed by atoms with E-state index in [1.807, 2.05) is 6.92 Å². The molecule has 6 heteroatoms. The Morgan fingerprint density at radius 2 is 2.14 bits per heavy atom. The van der Waals surface area contributed by atoms with Gasteiger partial charge in [0.2, 0.25) is 0 Å². The Morgan fingerprint density at radius 1 is 1.41 bits per heavy atom. The SMILES string of the molecule is CC(NC(=O)c1nn(C)c(=O)c2ccccc12)C1CCCO1. The number of aryl methyl sites for hydroxylation is 1. The van der Waals surface area contributed by atoms with E-state index in [9.17, 15) is 9.59 Å². The van der Waals surface area contributed by atoms with Crippen LogP contribution in [0.15, 0.2) is 29.1 Å². The highest BCUT2D eigenvalue weighted by molar-refractivity contribution is 6.04. The molecule has 1 aliphatic rings. The van der Waals surface area contributed by atoms with Gasteiger partial charge in [-0.15, -0.1) is 0 Å². The molecule has 2 atom stereocenters. The number of benzene rings is 1. The van der Waals surface area contributed by atoms with E-state index < -0.39 is 0 Å². The average molecular weight is 301 g/mol. The van der Waals surface area contributed by atoms with Crippen molar-refractivity contribution in [1.82, 2.24) is 15.1 Å². The van der Waals surface area contributed by atoms with Crippen molar-refractivity contribution in [2.45, 2.75) is 31.9 Å². The molecule has 6 nitrogen and oxygen atoms in total. The molecule has 0 spiro atoms. The Balaban J connectivity index is 1.94. The number of fused-ring (bicyclic) bond motifs is 1. The van der Waals surface area contributed by atoms with Crippen LogP contribution >= 0.6 is 0 Å². The van der Waals surface area contributed by atoms with Crippen molar-refractivity contribution in [3.63, 3.8) is 0 Å². The maximum absolute atomic E-state index is 12.5. The quantitative estimate of drug-likeness (QED) is 0.925. The van der Waals surface area contributed by atoms with Crippen LogP contribution in [-0.2, 0) is 11.8 Å². The molecule has 1 aliphatic heterocycles. The number of carbonyl (C=O) groups is 1. The van der Waals surface area contributed by atoms with E-state index in [0.717, 1.165) is 19.4 Å². The first-order valence-electron chi connectivity index (χ1n) is 7.46. The topological polar surface area (TPSA) is 73.2 Å². The lowest BCUT2D eigenvalue weighted by Gasteiger charge is -2.20. The first-order chi connectivity index (χ1) is 10.6. The molecule has 1 amide bonds. The maximum Gasteiger partial charge on any atom is 0.274 e. The molecule has 22 heavy (non-hydrogen) atoms. The largest absolute Gasteiger partial charge is 0.376 e. The van der Waals surface area contributed by atoms with Gasteiger partial charge in [-0.25, -0.2) is 4.68 Å². The van der Waals surface area contributed by atoms with Crippen molar-refractivity contribution in [2.24, 2.45) is 7.05 Å². The molecule has 1 aromatic heterocycles. The average Bonchev–Trinajstić information content (AvgIpc) is 3.05. The first-order valence-corrected chi connectivity index (χ1v) is 7.46. The third kappa shape index (κ3) is 2.62. The van der Waals surface area contributed by atoms with Gasteiger partial charge in [0.05, 0.1) is 17.5 Å². The number of aromatic nitrogens is 2. The summed E-state index contributed by atoms with van der Waals surface area (Å²) in [6.07, 6.45) is 2.01. The Morgan fingerprint density at radius 3 is 2.82 bits per heavy atom. The molecule has 2 heterocycles. The summed E-state index contributed by atoms with van der Waals surface area (Å²) in [7, 11) is 1.55. The van der Waals surface area contributed by atoms with Gasteiger partial charge < -0.3 is 10.1 Å². The fourth-order valence-corrected chi connectivity index (χ4v) is 2.83. The fourth-order valence-electron chi connectivity index (χ4n) is 2.83. The van der Waals surface area contributed by atoms with E-state index in [0.29, 0.717) is 10.8 Å². The number of hydrogen-bond acceptors (Lipinski definition) is 4. The lowest BCUT2D eigenvalue weighted by Crippen LogP contribution is -2.41. The Kier molecular flexibility index (Phi) is 3.94. The van der Waals surface area contributed by atoms with Crippen LogP contribution in [0.3, 0.4) is 0 Å². The lowest BCUT2D eigenvalue weighted by molar-refractivity contribution is 0.0709. The van der Waals surface area contributed by atoms with Crippen molar-refractivity contribution < 1.29 is 9.53 Å². The number of rotatable bonds is 3. The van der Waals surface area contributed by atoms with Gasteiger partial charge >= 0.3 is 0 Å². The van der Waals surface area contributed by atoms with E-state index in [2.05, 4.69) is 10.4 Å². The summed E-state index contributed by atoms with van der Waals surface area (Å²) in [5, 5.41) is 8.13. The van der Waals surface area contributed by atoms with Crippen molar-refractivity contribution in [3.05, 3.63) is 40.3 Å². The van der Waals surface area contributed by atoms with E-state index in [1.165, 1.54) is 4.68 Å². The van der Waals surface area contributed by atoms with Gasteiger partial charge in [0.25, 0.3) is 11.5 Å². The summed E-state index contributed by atoms with van der Waals surface area (Å²) in [5.41, 5.74) is 0.0573. The normalized spacial score (nSPS) is 19.3. The van der Waals surface area contributed by atoms with Gasteiger partial charge in [-0.2, -0.15) is 5.10 Å². The number of nitrogens with one attached hydrogen (secondary N) is 1. The molecular weight excluding hydrogens is 282 g/mol. The molecule has 2 unspecified atom stereocenters. The smallest absolute Gasteiger partial charge is 0.274 e. The van der Waals surface area contributed by atoms with Crippen LogP contribution in [0.4, 0.5) is 0 Å². The number of carbonyl (C=O) groups excluding carboxylic acids is 1. The number of hydrogen-bond donors (Lipinski definition) is 1. The van der Waals surface area contributed by atoms with E-state index in [4.69, 9.17) is 4.74 Å². The Labute approximate surface area is 128 Å². The summed E-state index contributed by atoms with van der Waals surface area (Å²) in [5.74, 6) is -0.283. The third-order valence-electron chi connectivity index (χ3n) is 4.05. The summed E-state index contributed by atoms with van der Waals surface area (Å²) in [4.78, 5) is 24.6. The van der Waals surface area contributed by atoms with E-state index in [-0.39, 0.29) is 29.3 Å². The molecule has 1 N–H and O–H groups in total. The molecule has 3 rings (SSSR count). The number of amides is 1. The van der Waals surface area contributed by atoms with Crippen LogP contribution in [-0.4, -0.2) is 34.4 Å². The number of ether oxygens (including phenoxy) is 1. The zero-order valence-electron chi connectivity index (χ0n) is 12.7. The van der Waals surface area contributed by atoms with Crippen molar-refractivity contribution >= 4 is 16.7 Å². The minimum absolute atomic E-state index is 0.0442. The van der Waals surface area contributed by atoms with Crippen molar-refractivity contribution in [2.75, 3.05) is 6.61 Å². The predicted octanol–water partition coefficient (Wildman–Crippen LogP) is 1.23. The van der Waals surface area contributed by atoms with Gasteiger partial charge in [0.15, 0.2) is 5.69 Å². The minimum Gasteiger partial charge on any atom is -0.376 e. The maximum atomic E-state index is 12.5. The van der Waals surface area contributed by atoms with Gasteiger partial charge in [-0.05, 0) is 25.8 Å². The monoisotopic (exact) mass is 301 g/mol. The molecule has 0 aliphatic carbocycles. The van der Waals surface area contributed by atoms with Crippen LogP contribution in [0.1, 0.15) is 30.3 Å². The van der Waals surface area contributed by atoms with Gasteiger partial charge in [-0.1, -0.05) is 18.2 Å². The van der Waals surface area contributed by atoms with Crippen LogP contribution in [0.25, 0.3) is 10.8 Å². The second kappa shape index (κ2) is 5.88. The molecule has 0 bridgehead atoms. The van der Waals surface area contributed by atoms with Crippen molar-refractivity contribution in [3.8, 4) is 0 Å². The molecule has 116 valence electrons. The zero-order valence-corrected chi connectivity index (χ0v) is 12.7. The van der Waals surface area contributed by atoms with Crippen molar-refractivity contribution in [1.29, 1.82) is 0 Å². The molecule has 0 saturated carbocycles. The molecular formula is C16H19N3O3. The highest BCUT2D eigenvalue weighted by Crippen LogP contribution is 2.17. The molecule has 1 saturated heterocycles. The highest BCUT2D eigenvalue weighted by atomic mass is 16.5. The van der Waals surface area contributed by atoms with E-state index >= 15 is 0 Å². The minimum atomic E-state index is -0.283. The summed E-state index contributed by atoms with van der Waals surface area (Å²) in [6, 6.07) is 6.94. The summed E-state index contributed by atoms with van der Waals surface area (Å²) in [6.45, 7) is 2.67. The summed E-state index contributed by atoms with van der Waals surface area (Å²) < 4.78 is 6.79. The molecule has 0 radical (unpaired) electrons. The Bertz CT molecular complexity index is 763. The van der Waals surface area contributed by atoms with Crippen LogP contribution in [0.2, 0.25) is 0 Å². The molecule has 1 fully saturated rings. The lowest BCUT2D eigenvalue weighted by atomic mass is 10.1. The highest BCUT2D eigenvalue weighted by Gasteiger charge is 2.25.